The van der Waals surface area contributed by atoms with Gasteiger partial charge in [-0.15, -0.1) is 0 Å². The molecule has 1 saturated carbocycles. The van der Waals surface area contributed by atoms with E-state index in [-0.39, 0.29) is 5.91 Å². The molecule has 1 N–H and O–H groups in total. The summed E-state index contributed by atoms with van der Waals surface area (Å²) < 4.78 is 5.66. The lowest BCUT2D eigenvalue weighted by Crippen LogP contribution is -2.37. The molecule has 134 valence electrons. The molecule has 0 spiro atoms. The normalized spacial score (nSPS) is 15.2. The van der Waals surface area contributed by atoms with Gasteiger partial charge < -0.3 is 10.1 Å². The molecule has 0 aliphatic heterocycles. The zero-order valence-corrected chi connectivity index (χ0v) is 14.9. The van der Waals surface area contributed by atoms with E-state index >= 15 is 0 Å². The van der Waals surface area contributed by atoms with Gasteiger partial charge >= 0.3 is 0 Å². The van der Waals surface area contributed by atoms with Crippen LogP contribution in [0.4, 0.5) is 5.69 Å². The zero-order chi connectivity index (χ0) is 18.2. The fourth-order valence-electron chi connectivity index (χ4n) is 3.64. The first-order chi connectivity index (χ1) is 12.7. The van der Waals surface area contributed by atoms with Crippen molar-refractivity contribution in [2.24, 2.45) is 0 Å². The van der Waals surface area contributed by atoms with Crippen molar-refractivity contribution in [1.29, 1.82) is 5.26 Å². The van der Waals surface area contributed by atoms with Gasteiger partial charge in [-0.25, -0.2) is 0 Å². The number of benzene rings is 2. The van der Waals surface area contributed by atoms with E-state index in [1.165, 1.54) is 0 Å². The summed E-state index contributed by atoms with van der Waals surface area (Å²) in [5.41, 5.74) is 1.40. The van der Waals surface area contributed by atoms with Crippen LogP contribution in [0.2, 0.25) is 0 Å². The van der Waals surface area contributed by atoms with Crippen molar-refractivity contribution in [3.63, 3.8) is 0 Å². The smallest absolute Gasteiger partial charge is 0.235 e. The van der Waals surface area contributed by atoms with E-state index in [9.17, 15) is 4.79 Å². The van der Waals surface area contributed by atoms with Gasteiger partial charge in [-0.2, -0.15) is 5.26 Å². The monoisotopic (exact) mass is 348 g/mol. The molecule has 1 amide bonds. The molecule has 2 aromatic carbocycles. The third-order valence-electron chi connectivity index (χ3n) is 5.01. The predicted octanol–water partition coefficient (Wildman–Crippen LogP) is 4.82. The van der Waals surface area contributed by atoms with Crippen LogP contribution >= 0.6 is 0 Å². The molecule has 1 fully saturated rings. The Morgan fingerprint density at radius 2 is 1.88 bits per heavy atom. The Labute approximate surface area is 154 Å². The summed E-state index contributed by atoms with van der Waals surface area (Å²) in [4.78, 5) is 13.2. The first-order valence-electron chi connectivity index (χ1n) is 9.21. The molecule has 0 unspecified atom stereocenters. The highest BCUT2D eigenvalue weighted by atomic mass is 16.5. The van der Waals surface area contributed by atoms with Crippen LogP contribution in [-0.2, 0) is 10.2 Å². The second kappa shape index (κ2) is 8.53. The molecule has 4 heteroatoms. The Balaban J connectivity index is 1.71. The van der Waals surface area contributed by atoms with Crippen molar-refractivity contribution < 1.29 is 9.53 Å². The van der Waals surface area contributed by atoms with Crippen LogP contribution in [0.3, 0.4) is 0 Å². The molecule has 4 nitrogen and oxygen atoms in total. The van der Waals surface area contributed by atoms with E-state index in [1.54, 1.807) is 0 Å². The highest BCUT2D eigenvalue weighted by molar-refractivity contribution is 5.99. The standard InChI is InChI=1S/C22H24N2O2/c23-15-6-7-16-26-20-12-8-11-19(17-20)24-21(25)22(13-4-5-14-22)18-9-2-1-3-10-18/h1-3,8-12,17H,4-7,13-14,16H2,(H,24,25). The summed E-state index contributed by atoms with van der Waals surface area (Å²) in [7, 11) is 0. The fourth-order valence-corrected chi connectivity index (χ4v) is 3.64. The SMILES string of the molecule is N#CCCCOc1cccc(NC(=O)C2(c3ccccc3)CCCC2)c1. The number of ether oxygens (including phenoxy) is 1. The minimum atomic E-state index is -0.440. The minimum absolute atomic E-state index is 0.0582. The topological polar surface area (TPSA) is 62.1 Å². The number of anilines is 1. The first kappa shape index (κ1) is 18.0. The summed E-state index contributed by atoms with van der Waals surface area (Å²) in [5.74, 6) is 0.767. The summed E-state index contributed by atoms with van der Waals surface area (Å²) in [6, 6.07) is 19.7. The maximum atomic E-state index is 13.2. The summed E-state index contributed by atoms with van der Waals surface area (Å²) >= 11 is 0. The summed E-state index contributed by atoms with van der Waals surface area (Å²) in [6.45, 7) is 0.499. The second-order valence-electron chi connectivity index (χ2n) is 6.75. The average molecular weight is 348 g/mol. The third-order valence-corrected chi connectivity index (χ3v) is 5.01. The Morgan fingerprint density at radius 1 is 1.12 bits per heavy atom. The third kappa shape index (κ3) is 4.05. The van der Waals surface area contributed by atoms with Crippen molar-refractivity contribution in [2.45, 2.75) is 43.9 Å². The lowest BCUT2D eigenvalue weighted by Gasteiger charge is -2.28. The molecule has 0 saturated heterocycles. The predicted molar refractivity (Wildman–Crippen MR) is 102 cm³/mol. The van der Waals surface area contributed by atoms with Crippen LogP contribution in [0.15, 0.2) is 54.6 Å². The van der Waals surface area contributed by atoms with Crippen LogP contribution in [0.25, 0.3) is 0 Å². The van der Waals surface area contributed by atoms with E-state index in [2.05, 4.69) is 23.5 Å². The molecule has 0 atom stereocenters. The molecule has 0 heterocycles. The molecule has 1 aliphatic carbocycles. The second-order valence-corrected chi connectivity index (χ2v) is 6.75. The number of carbonyl (C=O) groups excluding carboxylic acids is 1. The Morgan fingerprint density at radius 3 is 2.62 bits per heavy atom. The van der Waals surface area contributed by atoms with Crippen molar-refractivity contribution >= 4 is 11.6 Å². The fraction of sp³-hybridized carbons (Fsp3) is 0.364. The molecular formula is C22H24N2O2. The lowest BCUT2D eigenvalue weighted by molar-refractivity contribution is -0.121. The molecular weight excluding hydrogens is 324 g/mol. The largest absolute Gasteiger partial charge is 0.493 e. The van der Waals surface area contributed by atoms with Gasteiger partial charge in [0.1, 0.15) is 5.75 Å². The van der Waals surface area contributed by atoms with Gasteiger partial charge in [0.2, 0.25) is 5.91 Å². The Bertz CT molecular complexity index is 774. The van der Waals surface area contributed by atoms with E-state index < -0.39 is 5.41 Å². The first-order valence-corrected chi connectivity index (χ1v) is 9.21. The number of nitriles is 1. The maximum Gasteiger partial charge on any atom is 0.235 e. The van der Waals surface area contributed by atoms with Crippen molar-refractivity contribution in [2.75, 3.05) is 11.9 Å². The van der Waals surface area contributed by atoms with Crippen LogP contribution in [0.5, 0.6) is 5.75 Å². The molecule has 2 aromatic rings. The van der Waals surface area contributed by atoms with Crippen LogP contribution in [0.1, 0.15) is 44.1 Å². The van der Waals surface area contributed by atoms with Crippen LogP contribution in [-0.4, -0.2) is 12.5 Å². The van der Waals surface area contributed by atoms with Gasteiger partial charge in [0.25, 0.3) is 0 Å². The number of hydrogen-bond donors (Lipinski definition) is 1. The molecule has 3 rings (SSSR count). The quantitative estimate of drug-likeness (QED) is 0.730. The molecule has 26 heavy (non-hydrogen) atoms. The van der Waals surface area contributed by atoms with Crippen molar-refractivity contribution in [3.05, 3.63) is 60.2 Å². The van der Waals surface area contributed by atoms with Crippen molar-refractivity contribution in [3.8, 4) is 11.8 Å². The average Bonchev–Trinajstić information content (AvgIpc) is 3.18. The number of carbonyl (C=O) groups is 1. The van der Waals surface area contributed by atoms with Gasteiger partial charge in [-0.3, -0.25) is 4.79 Å². The highest BCUT2D eigenvalue weighted by Gasteiger charge is 2.42. The number of amides is 1. The Kier molecular flexibility index (Phi) is 5.91. The van der Waals surface area contributed by atoms with E-state index in [0.29, 0.717) is 25.2 Å². The van der Waals surface area contributed by atoms with E-state index in [4.69, 9.17) is 10.00 Å². The van der Waals surface area contributed by atoms with Gasteiger partial charge in [-0.1, -0.05) is 49.2 Å². The molecule has 0 aromatic heterocycles. The van der Waals surface area contributed by atoms with Crippen LogP contribution < -0.4 is 10.1 Å². The van der Waals surface area contributed by atoms with Gasteiger partial charge in [0, 0.05) is 18.2 Å². The van der Waals surface area contributed by atoms with E-state index in [1.807, 2.05) is 42.5 Å². The van der Waals surface area contributed by atoms with Gasteiger partial charge in [-0.05, 0) is 37.0 Å². The van der Waals surface area contributed by atoms with Gasteiger partial charge in [0.15, 0.2) is 0 Å². The maximum absolute atomic E-state index is 13.2. The number of rotatable bonds is 7. The minimum Gasteiger partial charge on any atom is -0.493 e. The number of nitrogens with zero attached hydrogens (tertiary/aromatic N) is 1. The summed E-state index contributed by atoms with van der Waals surface area (Å²) in [6.07, 6.45) is 5.09. The Hall–Kier alpha value is -2.80. The van der Waals surface area contributed by atoms with Crippen molar-refractivity contribution in [1.82, 2.24) is 0 Å². The van der Waals surface area contributed by atoms with Gasteiger partial charge in [0.05, 0.1) is 18.1 Å². The number of nitrogens with one attached hydrogen (secondary N) is 1. The molecule has 1 aliphatic rings. The lowest BCUT2D eigenvalue weighted by atomic mass is 9.78. The van der Waals surface area contributed by atoms with Crippen LogP contribution in [0, 0.1) is 11.3 Å². The number of hydrogen-bond acceptors (Lipinski definition) is 3. The zero-order valence-electron chi connectivity index (χ0n) is 14.9. The number of unbranched alkanes of at least 4 members (excludes halogenated alkanes) is 1. The highest BCUT2D eigenvalue weighted by Crippen LogP contribution is 2.42. The molecule has 0 radical (unpaired) electrons. The molecule has 0 bridgehead atoms. The van der Waals surface area contributed by atoms with E-state index in [0.717, 1.165) is 36.9 Å². The summed E-state index contributed by atoms with van der Waals surface area (Å²) in [5, 5.41) is 11.7.